The van der Waals surface area contributed by atoms with Crippen LogP contribution in [0, 0.1) is 17.3 Å². The minimum Gasteiger partial charge on any atom is -0.427 e. The lowest BCUT2D eigenvalue weighted by atomic mass is 9.52. The Bertz CT molecular complexity index is 771. The molecule has 1 aromatic rings. The summed E-state index contributed by atoms with van der Waals surface area (Å²) in [5.41, 5.74) is 2.10. The fraction of sp³-hybridized carbons (Fsp3) is 0.550. The van der Waals surface area contributed by atoms with Crippen molar-refractivity contribution in [1.82, 2.24) is 5.32 Å². The third-order valence-corrected chi connectivity index (χ3v) is 6.53. The average molecular weight is 341 g/mol. The van der Waals surface area contributed by atoms with Gasteiger partial charge in [0.15, 0.2) is 0 Å². The molecule has 5 heteroatoms. The molecule has 1 saturated heterocycles. The maximum absolute atomic E-state index is 12.4. The Labute approximate surface area is 147 Å². The van der Waals surface area contributed by atoms with E-state index in [0.717, 1.165) is 25.7 Å². The molecule has 1 aromatic carbocycles. The van der Waals surface area contributed by atoms with Crippen LogP contribution in [-0.4, -0.2) is 17.8 Å². The zero-order chi connectivity index (χ0) is 17.8. The number of rotatable bonds is 1. The molecule has 2 fully saturated rings. The topological polar surface area (TPSA) is 72.5 Å². The van der Waals surface area contributed by atoms with Crippen molar-refractivity contribution in [1.29, 1.82) is 0 Å². The first-order valence-electron chi connectivity index (χ1n) is 9.04. The highest BCUT2D eigenvalue weighted by molar-refractivity contribution is 6.01. The predicted octanol–water partition coefficient (Wildman–Crippen LogP) is 2.72. The monoisotopic (exact) mass is 341 g/mol. The number of benzene rings is 1. The maximum Gasteiger partial charge on any atom is 0.308 e. The number of piperidine rings is 1. The zero-order valence-electron chi connectivity index (χ0n) is 14.6. The normalized spacial score (nSPS) is 33.6. The molecule has 4 unspecified atom stereocenters. The third-order valence-electron chi connectivity index (χ3n) is 6.53. The number of carbonyl (C=O) groups excluding carboxylic acids is 3. The highest BCUT2D eigenvalue weighted by Crippen LogP contribution is 2.57. The maximum atomic E-state index is 12.4. The van der Waals surface area contributed by atoms with E-state index in [1.54, 1.807) is 0 Å². The van der Waals surface area contributed by atoms with Crippen LogP contribution < -0.4 is 10.1 Å². The standard InChI is InChI=1S/C20H23NO4/c1-11(22)25-13-4-6-14-12(9-13)3-5-16-15(14)7-8-20(2)17(16)10-18(23)21-19(20)24/h4,6,9,15-17H,3,5,7-8,10H2,1-2H3,(H,21,23,24). The average Bonchev–Trinajstić information content (AvgIpc) is 2.55. The number of fused-ring (bicyclic) bond motifs is 5. The molecule has 3 aliphatic rings. The first kappa shape index (κ1) is 16.3. The van der Waals surface area contributed by atoms with Crippen molar-refractivity contribution in [2.75, 3.05) is 0 Å². The van der Waals surface area contributed by atoms with Crippen molar-refractivity contribution in [3.8, 4) is 5.75 Å². The van der Waals surface area contributed by atoms with Gasteiger partial charge in [0, 0.05) is 13.3 Å². The molecule has 1 saturated carbocycles. The molecule has 132 valence electrons. The highest BCUT2D eigenvalue weighted by atomic mass is 16.5. The summed E-state index contributed by atoms with van der Waals surface area (Å²) >= 11 is 0. The fourth-order valence-corrected chi connectivity index (χ4v) is 5.29. The minimum absolute atomic E-state index is 0.0943. The molecular formula is C20H23NO4. The molecular weight excluding hydrogens is 318 g/mol. The van der Waals surface area contributed by atoms with Crippen LogP contribution in [0.5, 0.6) is 5.75 Å². The molecule has 2 aliphatic carbocycles. The van der Waals surface area contributed by atoms with Gasteiger partial charge in [-0.1, -0.05) is 13.0 Å². The van der Waals surface area contributed by atoms with Crippen molar-refractivity contribution in [2.45, 2.75) is 51.9 Å². The molecule has 1 N–H and O–H groups in total. The number of amides is 2. The van der Waals surface area contributed by atoms with Crippen molar-refractivity contribution in [2.24, 2.45) is 17.3 Å². The van der Waals surface area contributed by atoms with E-state index < -0.39 is 5.41 Å². The molecule has 25 heavy (non-hydrogen) atoms. The van der Waals surface area contributed by atoms with Gasteiger partial charge in [-0.15, -0.1) is 0 Å². The van der Waals surface area contributed by atoms with Gasteiger partial charge in [0.2, 0.25) is 11.8 Å². The third kappa shape index (κ3) is 2.57. The van der Waals surface area contributed by atoms with E-state index in [4.69, 9.17) is 4.74 Å². The van der Waals surface area contributed by atoms with Crippen molar-refractivity contribution in [3.05, 3.63) is 29.3 Å². The number of hydrogen-bond donors (Lipinski definition) is 1. The summed E-state index contributed by atoms with van der Waals surface area (Å²) in [6.07, 6.45) is 4.09. The number of esters is 1. The molecule has 1 aliphatic heterocycles. The summed E-state index contributed by atoms with van der Waals surface area (Å²) in [4.78, 5) is 35.6. The Morgan fingerprint density at radius 1 is 1.28 bits per heavy atom. The number of carbonyl (C=O) groups is 3. The first-order valence-corrected chi connectivity index (χ1v) is 9.04. The Hall–Kier alpha value is -2.17. The Morgan fingerprint density at radius 2 is 2.08 bits per heavy atom. The lowest BCUT2D eigenvalue weighted by Gasteiger charge is -2.52. The second-order valence-electron chi connectivity index (χ2n) is 7.91. The van der Waals surface area contributed by atoms with Gasteiger partial charge in [0.05, 0.1) is 5.41 Å². The summed E-state index contributed by atoms with van der Waals surface area (Å²) in [6.45, 7) is 3.43. The van der Waals surface area contributed by atoms with E-state index in [0.29, 0.717) is 24.0 Å². The van der Waals surface area contributed by atoms with Crippen LogP contribution in [0.2, 0.25) is 0 Å². The van der Waals surface area contributed by atoms with Crippen LogP contribution in [-0.2, 0) is 20.8 Å². The van der Waals surface area contributed by atoms with E-state index in [2.05, 4.69) is 11.4 Å². The molecule has 0 aromatic heterocycles. The van der Waals surface area contributed by atoms with Crippen LogP contribution in [0.3, 0.4) is 0 Å². The first-order chi connectivity index (χ1) is 11.9. The van der Waals surface area contributed by atoms with Gasteiger partial charge < -0.3 is 4.74 Å². The highest BCUT2D eigenvalue weighted by Gasteiger charge is 2.54. The number of ether oxygens (including phenoxy) is 1. The largest absolute Gasteiger partial charge is 0.427 e. The van der Waals surface area contributed by atoms with Crippen molar-refractivity contribution >= 4 is 17.8 Å². The van der Waals surface area contributed by atoms with Crippen LogP contribution >= 0.6 is 0 Å². The Kier molecular flexibility index (Phi) is 3.71. The zero-order valence-corrected chi connectivity index (χ0v) is 14.6. The molecule has 5 nitrogen and oxygen atoms in total. The summed E-state index contributed by atoms with van der Waals surface area (Å²) in [5, 5.41) is 2.53. The van der Waals surface area contributed by atoms with Crippen LogP contribution in [0.4, 0.5) is 0 Å². The van der Waals surface area contributed by atoms with Gasteiger partial charge in [-0.2, -0.15) is 0 Å². The lowest BCUT2D eigenvalue weighted by Crippen LogP contribution is -2.57. The quantitative estimate of drug-likeness (QED) is 0.484. The van der Waals surface area contributed by atoms with E-state index in [1.165, 1.54) is 18.1 Å². The van der Waals surface area contributed by atoms with Gasteiger partial charge in [0.25, 0.3) is 0 Å². The van der Waals surface area contributed by atoms with Gasteiger partial charge in [-0.3, -0.25) is 19.7 Å². The van der Waals surface area contributed by atoms with Gasteiger partial charge in [0.1, 0.15) is 5.75 Å². The molecule has 0 spiro atoms. The number of nitrogens with one attached hydrogen (secondary N) is 1. The fourth-order valence-electron chi connectivity index (χ4n) is 5.29. The van der Waals surface area contributed by atoms with Crippen LogP contribution in [0.1, 0.15) is 56.6 Å². The summed E-state index contributed by atoms with van der Waals surface area (Å²) in [6, 6.07) is 5.90. The molecule has 4 rings (SSSR count). The molecule has 2 amide bonds. The predicted molar refractivity (Wildman–Crippen MR) is 90.9 cm³/mol. The van der Waals surface area contributed by atoms with Crippen molar-refractivity contribution < 1.29 is 19.1 Å². The smallest absolute Gasteiger partial charge is 0.308 e. The second kappa shape index (κ2) is 5.68. The number of aryl methyl sites for hydroxylation is 1. The second-order valence-corrected chi connectivity index (χ2v) is 7.91. The van der Waals surface area contributed by atoms with Crippen LogP contribution in [0.15, 0.2) is 18.2 Å². The lowest BCUT2D eigenvalue weighted by molar-refractivity contribution is -0.151. The molecule has 0 bridgehead atoms. The molecule has 4 atom stereocenters. The van der Waals surface area contributed by atoms with Crippen LogP contribution in [0.25, 0.3) is 0 Å². The summed E-state index contributed by atoms with van der Waals surface area (Å²) < 4.78 is 5.21. The van der Waals surface area contributed by atoms with E-state index in [-0.39, 0.29) is 23.7 Å². The van der Waals surface area contributed by atoms with Gasteiger partial charge >= 0.3 is 5.97 Å². The molecule has 1 heterocycles. The molecule has 0 radical (unpaired) electrons. The summed E-state index contributed by atoms with van der Waals surface area (Å²) in [5.74, 6) is 0.917. The number of hydrogen-bond acceptors (Lipinski definition) is 4. The van der Waals surface area contributed by atoms with Crippen molar-refractivity contribution in [3.63, 3.8) is 0 Å². The van der Waals surface area contributed by atoms with Gasteiger partial charge in [-0.25, -0.2) is 0 Å². The number of imide groups is 1. The van der Waals surface area contributed by atoms with Gasteiger partial charge in [-0.05, 0) is 66.7 Å². The van der Waals surface area contributed by atoms with E-state index in [1.807, 2.05) is 19.1 Å². The van der Waals surface area contributed by atoms with E-state index in [9.17, 15) is 14.4 Å². The SMILES string of the molecule is CC(=O)Oc1ccc2c(c1)CCC1C2CCC2(C)C(=O)NC(=O)CC12. The Balaban J connectivity index is 1.66. The summed E-state index contributed by atoms with van der Waals surface area (Å²) in [7, 11) is 0. The minimum atomic E-state index is -0.426. The Morgan fingerprint density at radius 3 is 2.84 bits per heavy atom. The van der Waals surface area contributed by atoms with E-state index >= 15 is 0 Å².